The maximum atomic E-state index is 10.6. The fraction of sp³-hybridized carbons (Fsp3) is 0.600. The monoisotopic (exact) mass is 161 g/mol. The zero-order chi connectivity index (χ0) is 7.98. The van der Waals surface area contributed by atoms with Gasteiger partial charge < -0.3 is 5.11 Å². The first-order valence-electron chi connectivity index (χ1n) is 2.60. The van der Waals surface area contributed by atoms with Crippen molar-refractivity contribution in [1.29, 1.82) is 5.26 Å². The molecule has 0 radical (unpaired) electrons. The van der Waals surface area contributed by atoms with E-state index in [1.807, 2.05) is 0 Å². The van der Waals surface area contributed by atoms with E-state index in [1.54, 1.807) is 6.07 Å². The van der Waals surface area contributed by atoms with Crippen LogP contribution in [0.2, 0.25) is 0 Å². The van der Waals surface area contributed by atoms with Crippen LogP contribution in [0, 0.1) is 11.3 Å². The Balaban J connectivity index is 3.42. The van der Waals surface area contributed by atoms with Gasteiger partial charge in [-0.15, -0.1) is 0 Å². The van der Waals surface area contributed by atoms with Crippen molar-refractivity contribution in [1.82, 2.24) is 0 Å². The van der Waals surface area contributed by atoms with Gasteiger partial charge in [-0.05, 0) is 0 Å². The summed E-state index contributed by atoms with van der Waals surface area (Å²) in [6, 6.07) is 1.70. The van der Waals surface area contributed by atoms with Crippen LogP contribution in [-0.2, 0) is 15.6 Å². The van der Waals surface area contributed by atoms with Crippen molar-refractivity contribution in [3.63, 3.8) is 0 Å². The fourth-order valence-corrected chi connectivity index (χ4v) is 1.04. The van der Waals surface area contributed by atoms with E-state index in [0.717, 1.165) is 0 Å². The first kappa shape index (κ1) is 9.11. The summed E-state index contributed by atoms with van der Waals surface area (Å²) >= 11 is 0. The van der Waals surface area contributed by atoms with Crippen molar-refractivity contribution in [3.05, 3.63) is 0 Å². The van der Waals surface area contributed by atoms with Gasteiger partial charge in [-0.1, -0.05) is 0 Å². The Labute approximate surface area is 60.9 Å². The summed E-state index contributed by atoms with van der Waals surface area (Å²) < 4.78 is 10.6. The van der Waals surface area contributed by atoms with E-state index in [1.165, 1.54) is 0 Å². The lowest BCUT2D eigenvalue weighted by Gasteiger charge is -1.90. The van der Waals surface area contributed by atoms with E-state index in [0.29, 0.717) is 0 Å². The van der Waals surface area contributed by atoms with E-state index >= 15 is 0 Å². The number of nitrogens with zero attached hydrogens (tertiary/aromatic N) is 1. The largest absolute Gasteiger partial charge is 0.481 e. The van der Waals surface area contributed by atoms with Gasteiger partial charge in [-0.3, -0.25) is 9.00 Å². The quantitative estimate of drug-likeness (QED) is 0.615. The van der Waals surface area contributed by atoms with Crippen molar-refractivity contribution in [3.8, 4) is 6.07 Å². The lowest BCUT2D eigenvalue weighted by Crippen LogP contribution is -2.06. The molecule has 0 fully saturated rings. The smallest absolute Gasteiger partial charge is 0.304 e. The third-order valence-electron chi connectivity index (χ3n) is 0.769. The average molecular weight is 161 g/mol. The molecule has 0 aromatic carbocycles. The first-order valence-corrected chi connectivity index (χ1v) is 4.09. The van der Waals surface area contributed by atoms with Gasteiger partial charge in [0, 0.05) is 16.6 Å². The molecule has 0 amide bonds. The minimum atomic E-state index is -1.28. The molecular weight excluding hydrogens is 154 g/mol. The maximum absolute atomic E-state index is 10.6. The lowest BCUT2D eigenvalue weighted by molar-refractivity contribution is -0.136. The SMILES string of the molecule is N#CCS(=O)CCC(=O)O. The van der Waals surface area contributed by atoms with Gasteiger partial charge in [-0.25, -0.2) is 0 Å². The van der Waals surface area contributed by atoms with Crippen LogP contribution in [0.1, 0.15) is 6.42 Å². The summed E-state index contributed by atoms with van der Waals surface area (Å²) in [4.78, 5) is 9.89. The van der Waals surface area contributed by atoms with Crippen LogP contribution in [0.3, 0.4) is 0 Å². The Kier molecular flexibility index (Phi) is 4.50. The molecule has 56 valence electrons. The van der Waals surface area contributed by atoms with Gasteiger partial charge >= 0.3 is 5.97 Å². The molecule has 0 aromatic rings. The predicted molar refractivity (Wildman–Crippen MR) is 35.7 cm³/mol. The fourth-order valence-electron chi connectivity index (χ4n) is 0.345. The van der Waals surface area contributed by atoms with Crippen LogP contribution in [-0.4, -0.2) is 26.8 Å². The molecule has 0 rings (SSSR count). The van der Waals surface area contributed by atoms with Crippen molar-refractivity contribution >= 4 is 16.8 Å². The molecule has 1 N–H and O–H groups in total. The zero-order valence-electron chi connectivity index (χ0n) is 5.24. The van der Waals surface area contributed by atoms with Crippen molar-refractivity contribution in [2.24, 2.45) is 0 Å². The minimum Gasteiger partial charge on any atom is -0.481 e. The van der Waals surface area contributed by atoms with Gasteiger partial charge in [0.15, 0.2) is 0 Å². The van der Waals surface area contributed by atoms with Crippen LogP contribution >= 0.6 is 0 Å². The van der Waals surface area contributed by atoms with E-state index < -0.39 is 16.8 Å². The standard InChI is InChI=1S/C5H7NO3S/c6-2-4-10(9)3-1-5(7)8/h1,3-4H2,(H,7,8). The van der Waals surface area contributed by atoms with E-state index in [-0.39, 0.29) is 17.9 Å². The van der Waals surface area contributed by atoms with Gasteiger partial charge in [0.2, 0.25) is 0 Å². The zero-order valence-corrected chi connectivity index (χ0v) is 6.06. The molecule has 1 unspecified atom stereocenters. The van der Waals surface area contributed by atoms with Crippen molar-refractivity contribution < 1.29 is 14.1 Å². The second-order valence-corrected chi connectivity index (χ2v) is 3.17. The topological polar surface area (TPSA) is 78.2 Å². The number of carboxylic acids is 1. The van der Waals surface area contributed by atoms with Crippen LogP contribution < -0.4 is 0 Å². The predicted octanol–water partition coefficient (Wildman–Crippen LogP) is -0.267. The number of rotatable bonds is 4. The molecular formula is C5H7NO3S. The second-order valence-electron chi connectivity index (χ2n) is 1.59. The highest BCUT2D eigenvalue weighted by Crippen LogP contribution is 1.86. The highest BCUT2D eigenvalue weighted by molar-refractivity contribution is 7.85. The molecule has 5 heteroatoms. The number of aliphatic carboxylic acids is 1. The molecule has 0 saturated carbocycles. The number of hydrogen-bond donors (Lipinski definition) is 1. The van der Waals surface area contributed by atoms with Gasteiger partial charge in [0.1, 0.15) is 5.75 Å². The highest BCUT2D eigenvalue weighted by atomic mass is 32.2. The van der Waals surface area contributed by atoms with Crippen LogP contribution in [0.5, 0.6) is 0 Å². The highest BCUT2D eigenvalue weighted by Gasteiger charge is 2.01. The Bertz CT molecular complexity index is 184. The van der Waals surface area contributed by atoms with Gasteiger partial charge in [0.25, 0.3) is 0 Å². The molecule has 10 heavy (non-hydrogen) atoms. The normalized spacial score (nSPS) is 11.9. The van der Waals surface area contributed by atoms with E-state index in [4.69, 9.17) is 10.4 Å². The third kappa shape index (κ3) is 5.25. The van der Waals surface area contributed by atoms with Crippen molar-refractivity contribution in [2.45, 2.75) is 6.42 Å². The van der Waals surface area contributed by atoms with Crippen molar-refractivity contribution in [2.75, 3.05) is 11.5 Å². The van der Waals surface area contributed by atoms with Crippen LogP contribution in [0.4, 0.5) is 0 Å². The Morgan fingerprint density at radius 2 is 2.30 bits per heavy atom. The van der Waals surface area contributed by atoms with Gasteiger partial charge in [-0.2, -0.15) is 5.26 Å². The number of carboxylic acid groups (broad SMARTS) is 1. The van der Waals surface area contributed by atoms with Gasteiger partial charge in [0.05, 0.1) is 12.5 Å². The Hall–Kier alpha value is -0.890. The number of nitriles is 1. The molecule has 0 spiro atoms. The summed E-state index contributed by atoms with van der Waals surface area (Å²) in [5.74, 6) is -0.984. The molecule has 0 bridgehead atoms. The summed E-state index contributed by atoms with van der Waals surface area (Å²) in [6.45, 7) is 0. The molecule has 0 heterocycles. The van der Waals surface area contributed by atoms with E-state index in [9.17, 15) is 9.00 Å². The van der Waals surface area contributed by atoms with Crippen LogP contribution in [0.15, 0.2) is 0 Å². The molecule has 0 aliphatic heterocycles. The first-order chi connectivity index (χ1) is 4.66. The molecule has 0 saturated heterocycles. The molecule has 0 aromatic heterocycles. The van der Waals surface area contributed by atoms with E-state index in [2.05, 4.69) is 0 Å². The summed E-state index contributed by atoms with van der Waals surface area (Å²) in [5.41, 5.74) is 0. The second kappa shape index (κ2) is 4.94. The Morgan fingerprint density at radius 1 is 1.70 bits per heavy atom. The molecule has 4 nitrogen and oxygen atoms in total. The van der Waals surface area contributed by atoms with Crippen LogP contribution in [0.25, 0.3) is 0 Å². The summed E-state index contributed by atoms with van der Waals surface area (Å²) in [5, 5.41) is 16.1. The summed E-state index contributed by atoms with van der Waals surface area (Å²) in [6.07, 6.45) is -0.131. The summed E-state index contributed by atoms with van der Waals surface area (Å²) in [7, 11) is -1.28. The lowest BCUT2D eigenvalue weighted by atomic mass is 10.5. The number of hydrogen-bond acceptors (Lipinski definition) is 3. The Morgan fingerprint density at radius 3 is 2.70 bits per heavy atom. The average Bonchev–Trinajstić information content (AvgIpc) is 1.85. The maximum Gasteiger partial charge on any atom is 0.304 e. The number of carbonyl (C=O) groups is 1. The molecule has 1 atom stereocenters. The molecule has 0 aliphatic carbocycles. The molecule has 0 aliphatic rings. The third-order valence-corrected chi connectivity index (χ3v) is 1.88. The minimum absolute atomic E-state index is 0.0723.